The van der Waals surface area contributed by atoms with Crippen LogP contribution in [0.1, 0.15) is 48.5 Å². The lowest BCUT2D eigenvalue weighted by atomic mass is 10.1. The minimum atomic E-state index is -0.336. The number of carbonyl (C=O) groups excluding carboxylic acids is 1. The van der Waals surface area contributed by atoms with Crippen molar-refractivity contribution in [2.75, 3.05) is 45.2 Å². The van der Waals surface area contributed by atoms with Crippen LogP contribution < -0.4 is 10.6 Å². The molecule has 1 aromatic heterocycles. The first-order valence-corrected chi connectivity index (χ1v) is 10.2. The molecular weight excluding hydrogens is 354 g/mol. The predicted octanol–water partition coefficient (Wildman–Crippen LogP) is 3.18. The monoisotopic (exact) mass is 385 g/mol. The van der Waals surface area contributed by atoms with E-state index in [1.807, 2.05) is 13.1 Å². The molecule has 0 saturated carbocycles. The van der Waals surface area contributed by atoms with Crippen LogP contribution in [0.15, 0.2) is 18.2 Å². The summed E-state index contributed by atoms with van der Waals surface area (Å²) in [6.45, 7) is 6.39. The zero-order valence-corrected chi connectivity index (χ0v) is 16.9. The minimum absolute atomic E-state index is 0.336. The maximum absolute atomic E-state index is 12.0. The first-order chi connectivity index (χ1) is 13.6. The second-order valence-corrected chi connectivity index (χ2v) is 7.16. The van der Waals surface area contributed by atoms with E-state index in [0.29, 0.717) is 18.0 Å². The fraction of sp³-hybridized carbons (Fsp3) is 0.524. The summed E-state index contributed by atoms with van der Waals surface area (Å²) >= 11 is 0. The number of hydrogen-bond acceptors (Lipinski definition) is 5. The summed E-state index contributed by atoms with van der Waals surface area (Å²) in [5, 5.41) is 15.8. The molecule has 2 aromatic rings. The quantitative estimate of drug-likeness (QED) is 0.242. The maximum atomic E-state index is 12.0. The van der Waals surface area contributed by atoms with Gasteiger partial charge in [0.15, 0.2) is 0 Å². The largest absolute Gasteiger partial charge is 0.462 e. The van der Waals surface area contributed by atoms with Crippen molar-refractivity contribution in [1.82, 2.24) is 15.2 Å². The summed E-state index contributed by atoms with van der Waals surface area (Å²) in [6.07, 6.45) is 4.98. The Kier molecular flexibility index (Phi) is 6.92. The lowest BCUT2D eigenvalue weighted by Crippen LogP contribution is -2.33. The van der Waals surface area contributed by atoms with Gasteiger partial charge >= 0.3 is 5.97 Å². The standard InChI is InChI=1S/C21H31N5O2/c1-3-28-21(27)15-8-9-16-17(14-15)25-20(23-2)18(16)19(22)24-10-7-13-26-11-5-4-6-12-26/h8-9,14,23,25H,3-7,10-13H2,1-2H3,(H2,22,24). The molecule has 3 rings (SSSR count). The Hall–Kier alpha value is -2.54. The number of amidine groups is 1. The molecule has 1 aliphatic heterocycles. The number of H-pyrrole nitrogens is 1. The lowest BCUT2D eigenvalue weighted by Gasteiger charge is -2.26. The third-order valence-electron chi connectivity index (χ3n) is 5.21. The van der Waals surface area contributed by atoms with Gasteiger partial charge in [-0.3, -0.25) is 5.41 Å². The van der Waals surface area contributed by atoms with E-state index in [9.17, 15) is 4.79 Å². The molecule has 2 heterocycles. The Morgan fingerprint density at radius 1 is 1.29 bits per heavy atom. The van der Waals surface area contributed by atoms with Crippen LogP contribution in [-0.4, -0.2) is 61.5 Å². The molecule has 0 atom stereocenters. The molecule has 0 radical (unpaired) electrons. The smallest absolute Gasteiger partial charge is 0.338 e. The molecule has 1 saturated heterocycles. The minimum Gasteiger partial charge on any atom is -0.462 e. The van der Waals surface area contributed by atoms with Crippen molar-refractivity contribution in [2.24, 2.45) is 0 Å². The number of aromatic amines is 1. The SMILES string of the molecule is CCOC(=O)c1ccc2c(C(=N)NCCCN3CCCCC3)c(NC)[nH]c2c1. The van der Waals surface area contributed by atoms with E-state index in [1.54, 1.807) is 19.1 Å². The molecule has 152 valence electrons. The number of fused-ring (bicyclic) bond motifs is 1. The van der Waals surface area contributed by atoms with Gasteiger partial charge in [-0.25, -0.2) is 4.79 Å². The second-order valence-electron chi connectivity index (χ2n) is 7.16. The maximum Gasteiger partial charge on any atom is 0.338 e. The molecule has 1 aliphatic rings. The Morgan fingerprint density at radius 3 is 2.79 bits per heavy atom. The van der Waals surface area contributed by atoms with Gasteiger partial charge in [0.2, 0.25) is 0 Å². The van der Waals surface area contributed by atoms with Crippen molar-refractivity contribution in [3.8, 4) is 0 Å². The van der Waals surface area contributed by atoms with Gasteiger partial charge in [0.1, 0.15) is 11.7 Å². The summed E-state index contributed by atoms with van der Waals surface area (Å²) < 4.78 is 5.08. The van der Waals surface area contributed by atoms with Gasteiger partial charge in [-0.2, -0.15) is 0 Å². The molecule has 7 nitrogen and oxygen atoms in total. The van der Waals surface area contributed by atoms with Crippen LogP contribution in [0.25, 0.3) is 10.9 Å². The molecule has 0 amide bonds. The molecular formula is C21H31N5O2. The third kappa shape index (κ3) is 4.65. The average Bonchev–Trinajstić information content (AvgIpc) is 3.10. The number of nitrogens with zero attached hydrogens (tertiary/aromatic N) is 1. The van der Waals surface area contributed by atoms with Crippen molar-refractivity contribution in [2.45, 2.75) is 32.6 Å². The van der Waals surface area contributed by atoms with Crippen LogP contribution in [0.4, 0.5) is 5.82 Å². The van der Waals surface area contributed by atoms with Gasteiger partial charge in [-0.05, 0) is 58.0 Å². The Bertz CT molecular complexity index is 824. The van der Waals surface area contributed by atoms with Crippen LogP contribution in [0, 0.1) is 5.41 Å². The van der Waals surface area contributed by atoms with Gasteiger partial charge < -0.3 is 25.3 Å². The van der Waals surface area contributed by atoms with Crippen molar-refractivity contribution >= 4 is 28.5 Å². The predicted molar refractivity (Wildman–Crippen MR) is 114 cm³/mol. The molecule has 1 aromatic carbocycles. The van der Waals surface area contributed by atoms with E-state index in [4.69, 9.17) is 10.1 Å². The first-order valence-electron chi connectivity index (χ1n) is 10.2. The normalized spacial score (nSPS) is 14.8. The number of benzene rings is 1. The van der Waals surface area contributed by atoms with Crippen LogP contribution >= 0.6 is 0 Å². The van der Waals surface area contributed by atoms with Gasteiger partial charge in [-0.1, -0.05) is 12.5 Å². The van der Waals surface area contributed by atoms with Crippen molar-refractivity contribution in [3.05, 3.63) is 29.3 Å². The van der Waals surface area contributed by atoms with E-state index in [2.05, 4.69) is 20.5 Å². The average molecular weight is 386 g/mol. The highest BCUT2D eigenvalue weighted by Crippen LogP contribution is 2.27. The number of nitrogens with one attached hydrogen (secondary N) is 4. The highest BCUT2D eigenvalue weighted by molar-refractivity contribution is 6.13. The fourth-order valence-corrected chi connectivity index (χ4v) is 3.77. The van der Waals surface area contributed by atoms with E-state index in [1.165, 1.54) is 32.4 Å². The molecule has 4 N–H and O–H groups in total. The number of esters is 1. The highest BCUT2D eigenvalue weighted by atomic mass is 16.5. The summed E-state index contributed by atoms with van der Waals surface area (Å²) in [6, 6.07) is 5.40. The van der Waals surface area contributed by atoms with Gasteiger partial charge in [0.25, 0.3) is 0 Å². The zero-order valence-electron chi connectivity index (χ0n) is 16.9. The number of aromatic nitrogens is 1. The fourth-order valence-electron chi connectivity index (χ4n) is 3.77. The Balaban J connectivity index is 1.66. The second kappa shape index (κ2) is 9.59. The number of anilines is 1. The summed E-state index contributed by atoms with van der Waals surface area (Å²) in [5.74, 6) is 0.820. The number of carbonyl (C=O) groups is 1. The third-order valence-corrected chi connectivity index (χ3v) is 5.21. The zero-order chi connectivity index (χ0) is 19.9. The number of piperidine rings is 1. The van der Waals surface area contributed by atoms with E-state index in [0.717, 1.165) is 41.8 Å². The topological polar surface area (TPSA) is 93.2 Å². The molecule has 28 heavy (non-hydrogen) atoms. The summed E-state index contributed by atoms with van der Waals surface area (Å²) in [4.78, 5) is 17.8. The molecule has 1 fully saturated rings. The molecule has 0 aliphatic carbocycles. The van der Waals surface area contributed by atoms with Crippen LogP contribution in [0.2, 0.25) is 0 Å². The number of hydrogen-bond donors (Lipinski definition) is 4. The van der Waals surface area contributed by atoms with Crippen LogP contribution in [0.3, 0.4) is 0 Å². The van der Waals surface area contributed by atoms with E-state index < -0.39 is 0 Å². The number of rotatable bonds is 8. The van der Waals surface area contributed by atoms with Gasteiger partial charge in [-0.15, -0.1) is 0 Å². The van der Waals surface area contributed by atoms with Crippen LogP contribution in [0.5, 0.6) is 0 Å². The summed E-state index contributed by atoms with van der Waals surface area (Å²) in [5.41, 5.74) is 2.11. The highest BCUT2D eigenvalue weighted by Gasteiger charge is 2.17. The Labute approximate surface area is 166 Å². The van der Waals surface area contributed by atoms with E-state index >= 15 is 0 Å². The lowest BCUT2D eigenvalue weighted by molar-refractivity contribution is 0.0526. The molecule has 0 bridgehead atoms. The van der Waals surface area contributed by atoms with Gasteiger partial charge in [0.05, 0.1) is 17.7 Å². The Morgan fingerprint density at radius 2 is 2.07 bits per heavy atom. The number of likely N-dealkylation sites (tertiary alicyclic amines) is 1. The number of ether oxygens (including phenoxy) is 1. The first kappa shape index (κ1) is 20.2. The molecule has 7 heteroatoms. The van der Waals surface area contributed by atoms with Gasteiger partial charge in [0, 0.05) is 24.5 Å². The van der Waals surface area contributed by atoms with Crippen molar-refractivity contribution < 1.29 is 9.53 Å². The van der Waals surface area contributed by atoms with E-state index in [-0.39, 0.29) is 5.97 Å². The van der Waals surface area contributed by atoms with Crippen LogP contribution in [-0.2, 0) is 4.74 Å². The summed E-state index contributed by atoms with van der Waals surface area (Å²) in [7, 11) is 1.82. The van der Waals surface area contributed by atoms with Crippen molar-refractivity contribution in [1.29, 1.82) is 5.41 Å². The molecule has 0 spiro atoms. The van der Waals surface area contributed by atoms with Crippen molar-refractivity contribution in [3.63, 3.8) is 0 Å². The molecule has 0 unspecified atom stereocenters.